The molecule has 1 N–H and O–H groups in total. The summed E-state index contributed by atoms with van der Waals surface area (Å²) in [6, 6.07) is 4.05. The molecule has 2 rings (SSSR count). The number of carbonyl (C=O) groups is 1. The Hall–Kier alpha value is -1.17. The Morgan fingerprint density at radius 2 is 2.47 bits per heavy atom. The quantitative estimate of drug-likeness (QED) is 0.813. The Labute approximate surface area is 117 Å². The highest BCUT2D eigenvalue weighted by Gasteiger charge is 2.22. The van der Waals surface area contributed by atoms with Crippen molar-refractivity contribution in [3.05, 3.63) is 28.0 Å². The number of aliphatic carboxylic acids is 1. The van der Waals surface area contributed by atoms with Crippen LogP contribution < -0.4 is 0 Å². The number of carboxylic acids is 1. The second-order valence-corrected chi connectivity index (χ2v) is 6.02. The SMILES string of the molecule is COCC1CCN(Cc2ccc(C=CC(=O)O)s2)C1. The van der Waals surface area contributed by atoms with Gasteiger partial charge in [0.1, 0.15) is 0 Å². The van der Waals surface area contributed by atoms with Gasteiger partial charge in [-0.15, -0.1) is 11.3 Å². The smallest absolute Gasteiger partial charge is 0.328 e. The van der Waals surface area contributed by atoms with Crippen LogP contribution in [0.2, 0.25) is 0 Å². The summed E-state index contributed by atoms with van der Waals surface area (Å²) in [6.45, 7) is 4.00. The average Bonchev–Trinajstić information content (AvgIpc) is 2.98. The maximum Gasteiger partial charge on any atom is 0.328 e. The monoisotopic (exact) mass is 281 g/mol. The van der Waals surface area contributed by atoms with E-state index in [0.29, 0.717) is 5.92 Å². The summed E-state index contributed by atoms with van der Waals surface area (Å²) in [4.78, 5) is 15.2. The number of rotatable bonds is 6. The molecule has 0 aliphatic carbocycles. The highest BCUT2D eigenvalue weighted by Crippen LogP contribution is 2.23. The summed E-state index contributed by atoms with van der Waals surface area (Å²) in [5.74, 6) is -0.256. The molecule has 0 saturated carbocycles. The van der Waals surface area contributed by atoms with Gasteiger partial charge in [-0.05, 0) is 37.1 Å². The lowest BCUT2D eigenvalue weighted by Gasteiger charge is -2.14. The molecule has 104 valence electrons. The Morgan fingerprint density at radius 3 is 3.21 bits per heavy atom. The van der Waals surface area contributed by atoms with Gasteiger partial charge in [-0.2, -0.15) is 0 Å². The van der Waals surface area contributed by atoms with Crippen molar-refractivity contribution >= 4 is 23.4 Å². The zero-order valence-electron chi connectivity index (χ0n) is 11.0. The third kappa shape index (κ3) is 4.45. The molecule has 1 atom stereocenters. The van der Waals surface area contributed by atoms with Crippen molar-refractivity contribution in [2.45, 2.75) is 13.0 Å². The Bertz CT molecular complexity index is 455. The van der Waals surface area contributed by atoms with Gasteiger partial charge in [-0.1, -0.05) is 0 Å². The molecule has 0 radical (unpaired) electrons. The molecule has 0 spiro atoms. The first-order chi connectivity index (χ1) is 9.17. The lowest BCUT2D eigenvalue weighted by molar-refractivity contribution is -0.131. The second kappa shape index (κ2) is 6.84. The third-order valence-electron chi connectivity index (χ3n) is 3.22. The van der Waals surface area contributed by atoms with Crippen molar-refractivity contribution in [2.75, 3.05) is 26.8 Å². The van der Waals surface area contributed by atoms with Crippen LogP contribution in [0, 0.1) is 5.92 Å². The summed E-state index contributed by atoms with van der Waals surface area (Å²) in [6.07, 6.45) is 4.03. The zero-order chi connectivity index (χ0) is 13.7. The van der Waals surface area contributed by atoms with E-state index in [4.69, 9.17) is 9.84 Å². The Balaban J connectivity index is 1.85. The minimum Gasteiger partial charge on any atom is -0.478 e. The van der Waals surface area contributed by atoms with Crippen molar-refractivity contribution in [3.8, 4) is 0 Å². The molecule has 1 aliphatic heterocycles. The highest BCUT2D eigenvalue weighted by molar-refractivity contribution is 7.12. The zero-order valence-corrected chi connectivity index (χ0v) is 11.9. The fraction of sp³-hybridized carbons (Fsp3) is 0.500. The van der Waals surface area contributed by atoms with E-state index in [2.05, 4.69) is 11.0 Å². The first kappa shape index (κ1) is 14.2. The molecule has 1 unspecified atom stereocenters. The van der Waals surface area contributed by atoms with E-state index >= 15 is 0 Å². The topological polar surface area (TPSA) is 49.8 Å². The largest absolute Gasteiger partial charge is 0.478 e. The van der Waals surface area contributed by atoms with E-state index in [1.54, 1.807) is 24.5 Å². The van der Waals surface area contributed by atoms with Crippen LogP contribution >= 0.6 is 11.3 Å². The van der Waals surface area contributed by atoms with Crippen LogP contribution in [-0.4, -0.2) is 42.8 Å². The van der Waals surface area contributed by atoms with Gasteiger partial charge in [0, 0.05) is 36.0 Å². The molecule has 0 aromatic carbocycles. The lowest BCUT2D eigenvalue weighted by Crippen LogP contribution is -2.20. The molecule has 1 aliphatic rings. The van der Waals surface area contributed by atoms with Crippen molar-refractivity contribution in [1.29, 1.82) is 0 Å². The molecule has 2 heterocycles. The number of nitrogens with zero attached hydrogens (tertiary/aromatic N) is 1. The Morgan fingerprint density at radius 1 is 1.63 bits per heavy atom. The summed E-state index contributed by atoms with van der Waals surface area (Å²) in [7, 11) is 1.75. The summed E-state index contributed by atoms with van der Waals surface area (Å²) >= 11 is 1.65. The molecule has 1 aromatic rings. The average molecular weight is 281 g/mol. The minimum absolute atomic E-state index is 0.649. The van der Waals surface area contributed by atoms with Crippen LogP contribution in [0.1, 0.15) is 16.2 Å². The molecule has 0 bridgehead atoms. The fourth-order valence-corrected chi connectivity index (χ4v) is 3.33. The number of ether oxygens (including phenoxy) is 1. The standard InChI is InChI=1S/C14H19NO3S/c1-18-10-11-6-7-15(8-11)9-13-3-2-12(19-13)4-5-14(16)17/h2-5,11H,6-10H2,1H3,(H,16,17). The van der Waals surface area contributed by atoms with Crippen LogP contribution in [0.5, 0.6) is 0 Å². The number of methoxy groups -OCH3 is 1. The van der Waals surface area contributed by atoms with E-state index in [0.717, 1.165) is 31.1 Å². The predicted octanol–water partition coefficient (Wildman–Crippen LogP) is 2.31. The second-order valence-electron chi connectivity index (χ2n) is 4.82. The molecular formula is C14H19NO3S. The third-order valence-corrected chi connectivity index (χ3v) is 4.26. The number of hydrogen-bond donors (Lipinski definition) is 1. The van der Waals surface area contributed by atoms with Gasteiger partial charge in [0.05, 0.1) is 6.61 Å². The molecule has 1 saturated heterocycles. The van der Waals surface area contributed by atoms with Crippen LogP contribution in [-0.2, 0) is 16.1 Å². The van der Waals surface area contributed by atoms with E-state index < -0.39 is 5.97 Å². The number of hydrogen-bond acceptors (Lipinski definition) is 4. The van der Waals surface area contributed by atoms with Gasteiger partial charge in [-0.25, -0.2) is 4.79 Å². The van der Waals surface area contributed by atoms with Gasteiger partial charge in [0.2, 0.25) is 0 Å². The van der Waals surface area contributed by atoms with Gasteiger partial charge < -0.3 is 9.84 Å². The highest BCUT2D eigenvalue weighted by atomic mass is 32.1. The molecule has 1 fully saturated rings. The van der Waals surface area contributed by atoms with E-state index in [9.17, 15) is 4.79 Å². The van der Waals surface area contributed by atoms with Crippen LogP contribution in [0.15, 0.2) is 18.2 Å². The van der Waals surface area contributed by atoms with Gasteiger partial charge in [-0.3, -0.25) is 4.90 Å². The molecule has 0 amide bonds. The van der Waals surface area contributed by atoms with Crippen LogP contribution in [0.4, 0.5) is 0 Å². The normalized spacial score (nSPS) is 20.4. The molecule has 19 heavy (non-hydrogen) atoms. The number of likely N-dealkylation sites (tertiary alicyclic amines) is 1. The molecular weight excluding hydrogens is 262 g/mol. The van der Waals surface area contributed by atoms with Crippen LogP contribution in [0.25, 0.3) is 6.08 Å². The lowest BCUT2D eigenvalue weighted by atomic mass is 10.1. The van der Waals surface area contributed by atoms with Gasteiger partial charge in [0.25, 0.3) is 0 Å². The van der Waals surface area contributed by atoms with Crippen molar-refractivity contribution in [1.82, 2.24) is 4.90 Å². The predicted molar refractivity (Wildman–Crippen MR) is 76.2 cm³/mol. The summed E-state index contributed by atoms with van der Waals surface area (Å²) in [5, 5.41) is 8.59. The molecule has 4 nitrogen and oxygen atoms in total. The van der Waals surface area contributed by atoms with Crippen molar-refractivity contribution in [2.24, 2.45) is 5.92 Å². The van der Waals surface area contributed by atoms with E-state index in [-0.39, 0.29) is 0 Å². The van der Waals surface area contributed by atoms with Gasteiger partial charge in [0.15, 0.2) is 0 Å². The van der Waals surface area contributed by atoms with E-state index in [1.165, 1.54) is 17.4 Å². The number of thiophene rings is 1. The fourth-order valence-electron chi connectivity index (χ4n) is 2.37. The first-order valence-electron chi connectivity index (χ1n) is 6.38. The summed E-state index contributed by atoms with van der Waals surface area (Å²) in [5.41, 5.74) is 0. The minimum atomic E-state index is -0.906. The van der Waals surface area contributed by atoms with Crippen molar-refractivity contribution < 1.29 is 14.6 Å². The maximum atomic E-state index is 10.5. The van der Waals surface area contributed by atoms with Crippen LogP contribution in [0.3, 0.4) is 0 Å². The molecule has 1 aromatic heterocycles. The van der Waals surface area contributed by atoms with Gasteiger partial charge >= 0.3 is 5.97 Å². The molecule has 5 heteroatoms. The number of carboxylic acid groups (broad SMARTS) is 1. The summed E-state index contributed by atoms with van der Waals surface area (Å²) < 4.78 is 5.19. The maximum absolute atomic E-state index is 10.5. The van der Waals surface area contributed by atoms with E-state index in [1.807, 2.05) is 6.07 Å². The Kier molecular flexibility index (Phi) is 5.13. The van der Waals surface area contributed by atoms with Crippen molar-refractivity contribution in [3.63, 3.8) is 0 Å². The first-order valence-corrected chi connectivity index (χ1v) is 7.20.